The Bertz CT molecular complexity index is 1440. The molecule has 260 valence electrons. The number of carbonyl (C=O) groups is 1. The molecule has 4 aromatic heterocycles. The maximum atomic E-state index is 12.3. The van der Waals surface area contributed by atoms with Crippen LogP contribution < -0.4 is 0 Å². The van der Waals surface area contributed by atoms with Gasteiger partial charge in [0.1, 0.15) is 11.5 Å². The van der Waals surface area contributed by atoms with Gasteiger partial charge in [-0.25, -0.2) is 4.98 Å². The molecular weight excluding hydrogens is 598 g/mol. The number of H-pyrrole nitrogens is 1. The lowest BCUT2D eigenvalue weighted by Gasteiger charge is -2.26. The normalized spacial score (nSPS) is 14.7. The largest absolute Gasteiger partial charge is 0.446 e. The van der Waals surface area contributed by atoms with Gasteiger partial charge in [0.2, 0.25) is 0 Å². The van der Waals surface area contributed by atoms with E-state index in [1.54, 1.807) is 15.6 Å². The van der Waals surface area contributed by atoms with Crippen molar-refractivity contribution in [1.82, 2.24) is 44.9 Å². The van der Waals surface area contributed by atoms with E-state index in [1.807, 2.05) is 38.2 Å². The van der Waals surface area contributed by atoms with Crippen LogP contribution in [-0.4, -0.2) is 90.3 Å². The fourth-order valence-corrected chi connectivity index (χ4v) is 4.44. The summed E-state index contributed by atoms with van der Waals surface area (Å²) in [7, 11) is 3.69. The number of aryl methyl sites for hydroxylation is 3. The lowest BCUT2D eigenvalue weighted by atomic mass is 10.0. The van der Waals surface area contributed by atoms with Gasteiger partial charge in [0.05, 0.1) is 49.7 Å². The van der Waals surface area contributed by atoms with E-state index < -0.39 is 0 Å². The van der Waals surface area contributed by atoms with Crippen LogP contribution in [-0.2, 0) is 23.6 Å². The van der Waals surface area contributed by atoms with Crippen LogP contribution in [0.3, 0.4) is 0 Å². The molecular formula is C34H55N9O4. The smallest absolute Gasteiger partial charge is 0.272 e. The number of hydrogen-bond donors (Lipinski definition) is 1. The van der Waals surface area contributed by atoms with Crippen molar-refractivity contribution in [3.8, 4) is 0 Å². The Hall–Kier alpha value is -3.84. The van der Waals surface area contributed by atoms with E-state index >= 15 is 0 Å². The predicted octanol–water partition coefficient (Wildman–Crippen LogP) is 5.71. The molecule has 2 saturated heterocycles. The molecule has 6 heterocycles. The first-order valence-corrected chi connectivity index (χ1v) is 16.6. The summed E-state index contributed by atoms with van der Waals surface area (Å²) in [5, 5.41) is 19.4. The molecule has 0 saturated carbocycles. The number of amides is 1. The molecule has 4 aromatic rings. The second-order valence-electron chi connectivity index (χ2n) is 13.2. The Morgan fingerprint density at radius 2 is 1.51 bits per heavy atom. The topological polar surface area (TPSA) is 142 Å². The van der Waals surface area contributed by atoms with E-state index in [4.69, 9.17) is 13.9 Å². The molecule has 0 unspecified atom stereocenters. The number of nitrogens with zero attached hydrogens (tertiary/aromatic N) is 8. The van der Waals surface area contributed by atoms with Gasteiger partial charge in [-0.15, -0.1) is 5.10 Å². The van der Waals surface area contributed by atoms with Crippen molar-refractivity contribution < 1.29 is 18.7 Å². The van der Waals surface area contributed by atoms with Crippen LogP contribution in [0.1, 0.15) is 130 Å². The Balaban J connectivity index is 0.000000177. The fourth-order valence-electron chi connectivity index (χ4n) is 4.44. The highest BCUT2D eigenvalue weighted by atomic mass is 16.5. The van der Waals surface area contributed by atoms with Crippen LogP contribution in [0, 0.1) is 6.92 Å². The van der Waals surface area contributed by atoms with Gasteiger partial charge >= 0.3 is 0 Å². The number of aromatic nitrogens is 8. The Labute approximate surface area is 279 Å². The van der Waals surface area contributed by atoms with E-state index in [1.165, 1.54) is 5.69 Å². The number of nitrogens with one attached hydrogen (secondary N) is 1. The van der Waals surface area contributed by atoms with Gasteiger partial charge < -0.3 is 18.8 Å². The number of oxazole rings is 1. The van der Waals surface area contributed by atoms with E-state index in [9.17, 15) is 4.79 Å². The van der Waals surface area contributed by atoms with Crippen molar-refractivity contribution >= 4 is 5.91 Å². The van der Waals surface area contributed by atoms with Crippen LogP contribution in [0.2, 0.25) is 0 Å². The lowest BCUT2D eigenvalue weighted by molar-refractivity contribution is 0.00669. The van der Waals surface area contributed by atoms with Gasteiger partial charge in [-0.2, -0.15) is 10.2 Å². The molecule has 13 heteroatoms. The molecule has 1 N–H and O–H groups in total. The number of aromatic amines is 1. The summed E-state index contributed by atoms with van der Waals surface area (Å²) in [6.07, 6.45) is 3.68. The Morgan fingerprint density at radius 3 is 1.89 bits per heavy atom. The van der Waals surface area contributed by atoms with Crippen molar-refractivity contribution in [3.63, 3.8) is 0 Å². The maximum absolute atomic E-state index is 12.3. The summed E-state index contributed by atoms with van der Waals surface area (Å²) < 4.78 is 19.0. The monoisotopic (exact) mass is 653 g/mol. The van der Waals surface area contributed by atoms with E-state index in [2.05, 4.69) is 92.0 Å². The molecule has 47 heavy (non-hydrogen) atoms. The van der Waals surface area contributed by atoms with E-state index in [0.29, 0.717) is 61.6 Å². The highest BCUT2D eigenvalue weighted by molar-refractivity contribution is 5.92. The standard InChI is InChI=1S/C12H19N3O2.C9H14N2O.C7H11NO.C6H11N3/c1-9(2)10-8-11(14(3)13-10)12(16)15-4-6-17-7-5-15;1-6(2)8-3-9(11-10-8)7-4-12-5-7;1-5(2)7-8-4-6(3)9-7;1-5(2)6-4-9(3)8-7-6/h8-9H,4-7H2,1-3H3;3,6-7H,4-5H2,1-2H3,(H,10,11);2*4-5H,1-3H3. The molecule has 13 nitrogen and oxygen atoms in total. The fraction of sp³-hybridized carbons (Fsp3) is 0.647. The zero-order valence-electron chi connectivity index (χ0n) is 30.1. The van der Waals surface area contributed by atoms with Gasteiger partial charge in [0.15, 0.2) is 5.89 Å². The van der Waals surface area contributed by atoms with Crippen molar-refractivity contribution in [2.75, 3.05) is 39.5 Å². The summed E-state index contributed by atoms with van der Waals surface area (Å²) >= 11 is 0. The van der Waals surface area contributed by atoms with Crippen LogP contribution in [0.4, 0.5) is 0 Å². The highest BCUT2D eigenvalue weighted by Crippen LogP contribution is 2.24. The Morgan fingerprint density at radius 1 is 0.872 bits per heavy atom. The number of ether oxygens (including phenoxy) is 2. The minimum absolute atomic E-state index is 0.0511. The number of morpholine rings is 1. The average Bonchev–Trinajstić information content (AvgIpc) is 3.81. The van der Waals surface area contributed by atoms with Crippen molar-refractivity contribution in [1.29, 1.82) is 0 Å². The minimum atomic E-state index is 0.0511. The first-order valence-electron chi connectivity index (χ1n) is 16.6. The summed E-state index contributed by atoms with van der Waals surface area (Å²) in [5.41, 5.74) is 5.05. The van der Waals surface area contributed by atoms with Crippen molar-refractivity contribution in [2.45, 2.75) is 91.9 Å². The number of hydrogen-bond acceptors (Lipinski definition) is 9. The van der Waals surface area contributed by atoms with Crippen molar-refractivity contribution in [2.24, 2.45) is 14.1 Å². The van der Waals surface area contributed by atoms with Crippen LogP contribution in [0.25, 0.3) is 0 Å². The summed E-state index contributed by atoms with van der Waals surface area (Å²) in [4.78, 5) is 18.1. The highest BCUT2D eigenvalue weighted by Gasteiger charge is 2.23. The van der Waals surface area contributed by atoms with Gasteiger partial charge in [0, 0.05) is 50.9 Å². The predicted molar refractivity (Wildman–Crippen MR) is 181 cm³/mol. The number of rotatable bonds is 6. The van der Waals surface area contributed by atoms with Crippen LogP contribution in [0.5, 0.6) is 0 Å². The molecule has 0 atom stereocenters. The van der Waals surface area contributed by atoms with Gasteiger partial charge in [-0.05, 0) is 36.8 Å². The van der Waals surface area contributed by atoms with Crippen LogP contribution in [0.15, 0.2) is 28.9 Å². The second kappa shape index (κ2) is 17.9. The van der Waals surface area contributed by atoms with Crippen LogP contribution >= 0.6 is 0 Å². The van der Waals surface area contributed by atoms with E-state index in [-0.39, 0.29) is 5.91 Å². The third kappa shape index (κ3) is 11.4. The van der Waals surface area contributed by atoms with Gasteiger partial charge in [0.25, 0.3) is 5.91 Å². The van der Waals surface area contributed by atoms with Crippen molar-refractivity contribution in [3.05, 3.63) is 64.6 Å². The van der Waals surface area contributed by atoms with Gasteiger partial charge in [-0.3, -0.25) is 19.3 Å². The molecule has 0 spiro atoms. The minimum Gasteiger partial charge on any atom is -0.446 e. The van der Waals surface area contributed by atoms with E-state index in [0.717, 1.165) is 41.9 Å². The molecule has 1 amide bonds. The lowest BCUT2D eigenvalue weighted by Crippen LogP contribution is -2.41. The summed E-state index contributed by atoms with van der Waals surface area (Å²) in [5.74, 6) is 4.06. The molecule has 0 radical (unpaired) electrons. The SMILES string of the molecule is CC(C)c1cc(C(=O)N2CCOCC2)n(C)n1.CC(C)c1cc(C2COC2)[nH]n1.CC(C)c1cn(C)nn1.Cc1cnc(C(C)C)o1. The number of carbonyl (C=O) groups excluding carboxylic acids is 1. The summed E-state index contributed by atoms with van der Waals surface area (Å²) in [6, 6.07) is 4.04. The zero-order valence-corrected chi connectivity index (χ0v) is 30.1. The first-order chi connectivity index (χ1) is 22.3. The molecule has 2 fully saturated rings. The first kappa shape index (κ1) is 37.6. The average molecular weight is 654 g/mol. The third-order valence-electron chi connectivity index (χ3n) is 7.64. The molecule has 0 aromatic carbocycles. The summed E-state index contributed by atoms with van der Waals surface area (Å²) in [6.45, 7) is 23.0. The van der Waals surface area contributed by atoms with Gasteiger partial charge in [-0.1, -0.05) is 60.6 Å². The molecule has 0 bridgehead atoms. The second-order valence-corrected chi connectivity index (χ2v) is 13.2. The Kier molecular flexibility index (Phi) is 14.3. The zero-order chi connectivity index (χ0) is 34.7. The quantitative estimate of drug-likeness (QED) is 0.277. The third-order valence-corrected chi connectivity index (χ3v) is 7.64. The molecule has 2 aliphatic rings. The molecule has 2 aliphatic heterocycles. The molecule has 6 rings (SSSR count). The molecule has 0 aliphatic carbocycles. The maximum Gasteiger partial charge on any atom is 0.272 e.